The van der Waals surface area contributed by atoms with E-state index < -0.39 is 0 Å². The Morgan fingerprint density at radius 3 is 2.53 bits per heavy atom. The molecule has 0 spiro atoms. The van der Waals surface area contributed by atoms with E-state index in [2.05, 4.69) is 6.92 Å². The summed E-state index contributed by atoms with van der Waals surface area (Å²) in [6, 6.07) is -0.321. The number of hydrogen-bond acceptors (Lipinski definition) is 2. The maximum absolute atomic E-state index is 12.1. The van der Waals surface area contributed by atoms with Gasteiger partial charge in [0.15, 0.2) is 0 Å². The summed E-state index contributed by atoms with van der Waals surface area (Å²) in [4.78, 5) is 14.1. The van der Waals surface area contributed by atoms with Gasteiger partial charge >= 0.3 is 0 Å². The van der Waals surface area contributed by atoms with Gasteiger partial charge in [-0.25, -0.2) is 0 Å². The highest BCUT2D eigenvalue weighted by molar-refractivity contribution is 5.85. The Balaban J connectivity index is 0.00000256. The van der Waals surface area contributed by atoms with Crippen LogP contribution in [0.15, 0.2) is 0 Å². The van der Waals surface area contributed by atoms with Crippen LogP contribution >= 0.6 is 12.4 Å². The first kappa shape index (κ1) is 16.7. The van der Waals surface area contributed by atoms with Crippen molar-refractivity contribution in [2.45, 2.75) is 52.5 Å². The van der Waals surface area contributed by atoms with Crippen molar-refractivity contribution in [2.24, 2.45) is 17.6 Å². The molecule has 1 saturated heterocycles. The lowest BCUT2D eigenvalue weighted by atomic mass is 9.98. The Bertz CT molecular complexity index is 233. The average molecular weight is 263 g/mol. The second-order valence-corrected chi connectivity index (χ2v) is 5.30. The zero-order valence-corrected chi connectivity index (χ0v) is 12.1. The van der Waals surface area contributed by atoms with Gasteiger partial charge in [0.05, 0.1) is 6.04 Å². The van der Waals surface area contributed by atoms with Crippen LogP contribution in [0.3, 0.4) is 0 Å². The van der Waals surface area contributed by atoms with Crippen LogP contribution in [-0.2, 0) is 4.79 Å². The van der Waals surface area contributed by atoms with E-state index in [1.165, 1.54) is 12.8 Å². The summed E-state index contributed by atoms with van der Waals surface area (Å²) >= 11 is 0. The van der Waals surface area contributed by atoms with Gasteiger partial charge in [0.25, 0.3) is 0 Å². The third-order valence-corrected chi connectivity index (χ3v) is 3.74. The summed E-state index contributed by atoms with van der Waals surface area (Å²) in [5.74, 6) is 1.18. The molecule has 1 fully saturated rings. The molecule has 1 heterocycles. The first-order valence-corrected chi connectivity index (χ1v) is 6.60. The van der Waals surface area contributed by atoms with Gasteiger partial charge in [0, 0.05) is 13.1 Å². The molecule has 1 aliphatic rings. The number of likely N-dealkylation sites (tertiary alicyclic amines) is 1. The Morgan fingerprint density at radius 2 is 2.00 bits per heavy atom. The predicted molar refractivity (Wildman–Crippen MR) is 74.3 cm³/mol. The fourth-order valence-electron chi connectivity index (χ4n) is 2.29. The van der Waals surface area contributed by atoms with Gasteiger partial charge < -0.3 is 10.6 Å². The summed E-state index contributed by atoms with van der Waals surface area (Å²) in [5, 5.41) is 0. The average Bonchev–Trinajstić information content (AvgIpc) is 2.51. The summed E-state index contributed by atoms with van der Waals surface area (Å²) in [5.41, 5.74) is 5.92. The molecule has 17 heavy (non-hydrogen) atoms. The highest BCUT2D eigenvalue weighted by atomic mass is 35.5. The molecule has 0 saturated carbocycles. The SMILES string of the molecule is CCC1CCCN(C(=O)[C@H](N)C(C)C)CC1.Cl. The molecule has 0 aromatic carbocycles. The molecule has 0 aliphatic carbocycles. The summed E-state index contributed by atoms with van der Waals surface area (Å²) in [7, 11) is 0. The van der Waals surface area contributed by atoms with Crippen LogP contribution in [0.5, 0.6) is 0 Å². The van der Waals surface area contributed by atoms with Gasteiger partial charge in [-0.15, -0.1) is 12.4 Å². The predicted octanol–water partition coefficient (Wildman–Crippen LogP) is 2.43. The van der Waals surface area contributed by atoms with Crippen LogP contribution in [0.1, 0.15) is 46.5 Å². The lowest BCUT2D eigenvalue weighted by Gasteiger charge is -2.26. The van der Waals surface area contributed by atoms with E-state index in [1.807, 2.05) is 18.7 Å². The van der Waals surface area contributed by atoms with Crippen molar-refractivity contribution in [3.63, 3.8) is 0 Å². The summed E-state index contributed by atoms with van der Waals surface area (Å²) in [6.07, 6.45) is 4.78. The minimum Gasteiger partial charge on any atom is -0.341 e. The van der Waals surface area contributed by atoms with Crippen molar-refractivity contribution in [3.05, 3.63) is 0 Å². The normalized spacial score (nSPS) is 22.9. The third-order valence-electron chi connectivity index (χ3n) is 3.74. The van der Waals surface area contributed by atoms with Crippen LogP contribution in [-0.4, -0.2) is 29.9 Å². The number of nitrogens with two attached hydrogens (primary N) is 1. The number of amides is 1. The monoisotopic (exact) mass is 262 g/mol. The van der Waals surface area contributed by atoms with E-state index in [4.69, 9.17) is 5.73 Å². The molecule has 1 unspecified atom stereocenters. The van der Waals surface area contributed by atoms with Crippen LogP contribution in [0, 0.1) is 11.8 Å². The van der Waals surface area contributed by atoms with Crippen LogP contribution < -0.4 is 5.73 Å². The van der Waals surface area contributed by atoms with E-state index in [-0.39, 0.29) is 30.3 Å². The maximum Gasteiger partial charge on any atom is 0.239 e. The molecule has 4 heteroatoms. The lowest BCUT2D eigenvalue weighted by molar-refractivity contribution is -0.133. The molecule has 0 aromatic rings. The van der Waals surface area contributed by atoms with Gasteiger partial charge in [-0.2, -0.15) is 0 Å². The van der Waals surface area contributed by atoms with Crippen LogP contribution in [0.4, 0.5) is 0 Å². The number of carbonyl (C=O) groups is 1. The smallest absolute Gasteiger partial charge is 0.239 e. The fourth-order valence-corrected chi connectivity index (χ4v) is 2.29. The maximum atomic E-state index is 12.1. The molecule has 3 nitrogen and oxygen atoms in total. The Labute approximate surface area is 112 Å². The van der Waals surface area contributed by atoms with Gasteiger partial charge in [0.2, 0.25) is 5.91 Å². The van der Waals surface area contributed by atoms with E-state index in [0.29, 0.717) is 0 Å². The minimum atomic E-state index is -0.321. The largest absolute Gasteiger partial charge is 0.341 e. The van der Waals surface area contributed by atoms with Crippen molar-refractivity contribution < 1.29 is 4.79 Å². The second-order valence-electron chi connectivity index (χ2n) is 5.30. The molecular formula is C13H27ClN2O. The zero-order valence-electron chi connectivity index (χ0n) is 11.3. The summed E-state index contributed by atoms with van der Waals surface area (Å²) < 4.78 is 0. The number of halogens is 1. The first-order valence-electron chi connectivity index (χ1n) is 6.60. The van der Waals surface area contributed by atoms with E-state index in [1.54, 1.807) is 0 Å². The molecule has 102 valence electrons. The number of carbonyl (C=O) groups excluding carboxylic acids is 1. The molecule has 0 radical (unpaired) electrons. The van der Waals surface area contributed by atoms with Gasteiger partial charge in [-0.05, 0) is 31.1 Å². The van der Waals surface area contributed by atoms with Gasteiger partial charge in [-0.3, -0.25) is 4.79 Å². The van der Waals surface area contributed by atoms with Crippen LogP contribution in [0.25, 0.3) is 0 Å². The fraction of sp³-hybridized carbons (Fsp3) is 0.923. The highest BCUT2D eigenvalue weighted by Crippen LogP contribution is 2.20. The quantitative estimate of drug-likeness (QED) is 0.849. The molecule has 1 rings (SSSR count). The molecule has 1 amide bonds. The van der Waals surface area contributed by atoms with E-state index in [9.17, 15) is 4.79 Å². The van der Waals surface area contributed by atoms with Crippen molar-refractivity contribution in [1.82, 2.24) is 4.90 Å². The highest BCUT2D eigenvalue weighted by Gasteiger charge is 2.25. The third kappa shape index (κ3) is 4.84. The van der Waals surface area contributed by atoms with Crippen LogP contribution in [0.2, 0.25) is 0 Å². The standard InChI is InChI=1S/C13H26N2O.ClH/c1-4-11-6-5-8-15(9-7-11)13(16)12(14)10(2)3;/h10-12H,4-9,14H2,1-3H3;1H/t11?,12-;/m1./s1. The number of nitrogens with zero attached hydrogens (tertiary/aromatic N) is 1. The molecule has 0 aromatic heterocycles. The zero-order chi connectivity index (χ0) is 12.1. The molecule has 2 N–H and O–H groups in total. The minimum absolute atomic E-state index is 0. The number of hydrogen-bond donors (Lipinski definition) is 1. The first-order chi connectivity index (χ1) is 7.56. The molecule has 2 atom stereocenters. The Hall–Kier alpha value is -0.280. The van der Waals surface area contributed by atoms with Crippen molar-refractivity contribution in [3.8, 4) is 0 Å². The second kappa shape index (κ2) is 7.93. The van der Waals surface area contributed by atoms with Gasteiger partial charge in [0.1, 0.15) is 0 Å². The number of rotatable bonds is 3. The molecule has 0 bridgehead atoms. The van der Waals surface area contributed by atoms with Gasteiger partial charge in [-0.1, -0.05) is 27.2 Å². The van der Waals surface area contributed by atoms with E-state index >= 15 is 0 Å². The Morgan fingerprint density at radius 1 is 1.35 bits per heavy atom. The topological polar surface area (TPSA) is 46.3 Å². The van der Waals surface area contributed by atoms with Crippen molar-refractivity contribution >= 4 is 18.3 Å². The Kier molecular flexibility index (Phi) is 7.80. The van der Waals surface area contributed by atoms with Crippen molar-refractivity contribution in [1.29, 1.82) is 0 Å². The van der Waals surface area contributed by atoms with E-state index in [0.717, 1.165) is 31.8 Å². The lowest BCUT2D eigenvalue weighted by Crippen LogP contribution is -2.46. The molecular weight excluding hydrogens is 236 g/mol. The van der Waals surface area contributed by atoms with Crippen molar-refractivity contribution in [2.75, 3.05) is 13.1 Å². The molecule has 1 aliphatic heterocycles. The summed E-state index contributed by atoms with van der Waals surface area (Å²) in [6.45, 7) is 8.06.